The smallest absolute Gasteiger partial charge is 0.320 e. The van der Waals surface area contributed by atoms with E-state index in [1.807, 2.05) is 28.9 Å². The van der Waals surface area contributed by atoms with E-state index in [1.165, 1.54) is 6.07 Å². The average molecular weight is 694 g/mol. The number of anilines is 1. The van der Waals surface area contributed by atoms with E-state index in [9.17, 15) is 29.6 Å². The van der Waals surface area contributed by atoms with Gasteiger partial charge < -0.3 is 19.6 Å². The van der Waals surface area contributed by atoms with Crippen molar-refractivity contribution in [3.63, 3.8) is 0 Å². The van der Waals surface area contributed by atoms with Gasteiger partial charge in [0, 0.05) is 93.3 Å². The van der Waals surface area contributed by atoms with Gasteiger partial charge >= 0.3 is 5.97 Å². The molecule has 0 radical (unpaired) electrons. The Morgan fingerprint density at radius 1 is 1.04 bits per heavy atom. The van der Waals surface area contributed by atoms with Gasteiger partial charge in [0.1, 0.15) is 11.9 Å². The zero-order valence-corrected chi connectivity index (χ0v) is 30.2. The molecule has 2 bridgehead atoms. The maximum Gasteiger partial charge on any atom is 0.320 e. The van der Waals surface area contributed by atoms with Gasteiger partial charge in [0.25, 0.3) is 5.69 Å². The summed E-state index contributed by atoms with van der Waals surface area (Å²) >= 11 is 0. The lowest BCUT2D eigenvalue weighted by molar-refractivity contribution is -0.384. The standard InChI is InChI=1S/C38H55N5O7/c1-6-36(4)23-31(37(5)26(2)10-12-38(27(3)35(36)47)13-11-30(44)34(37)38)50-33(46)25-40-16-20-42(21-17-40)32(45)24-39-14-18-41(19-15-39)28-8-7-9-29(22-28)43(48)49/h6-9,22,26-27,31,34-35,47H,1,10-21,23-25H2,2-5H3/t26-,27+,31-,34+,35+,36-,37+,38+/m1/s1. The molecule has 5 aliphatic rings. The minimum Gasteiger partial charge on any atom is -0.461 e. The lowest BCUT2D eigenvalue weighted by Gasteiger charge is -2.61. The van der Waals surface area contributed by atoms with E-state index in [0.717, 1.165) is 24.9 Å². The summed E-state index contributed by atoms with van der Waals surface area (Å²) in [6.07, 6.45) is 4.10. The molecule has 1 aromatic carbocycles. The van der Waals surface area contributed by atoms with Crippen molar-refractivity contribution in [2.24, 2.45) is 34.0 Å². The van der Waals surface area contributed by atoms with Crippen molar-refractivity contribution >= 4 is 29.0 Å². The largest absolute Gasteiger partial charge is 0.461 e. The number of aliphatic hydroxyl groups is 1. The highest BCUT2D eigenvalue weighted by atomic mass is 16.6. The first-order valence-corrected chi connectivity index (χ1v) is 18.5. The number of ether oxygens (including phenoxy) is 1. The molecular formula is C38H55N5O7. The van der Waals surface area contributed by atoms with Crippen LogP contribution < -0.4 is 4.90 Å². The van der Waals surface area contributed by atoms with Crippen LogP contribution in [0, 0.1) is 44.1 Å². The summed E-state index contributed by atoms with van der Waals surface area (Å²) < 4.78 is 6.44. The molecule has 274 valence electrons. The predicted molar refractivity (Wildman–Crippen MR) is 189 cm³/mol. The number of Topliss-reactive ketones (excluding diaryl/α,β-unsaturated/α-hetero) is 1. The van der Waals surface area contributed by atoms with Crippen LogP contribution in [0.4, 0.5) is 11.4 Å². The van der Waals surface area contributed by atoms with Gasteiger partial charge in [-0.25, -0.2) is 0 Å². The summed E-state index contributed by atoms with van der Waals surface area (Å²) in [6.45, 7) is 17.9. The SMILES string of the molecule is C=C[C@]1(C)C[C@@H](OC(=O)CN2CCN(C(=O)CN3CCN(c4cccc([N+](=O)[O-])c4)CC3)CC2)[C@]2(C)[C@H](C)CC[C@]3(CCC(=O)[C@H]32)[C@@H](C)[C@@H]1O. The molecule has 8 atom stereocenters. The fourth-order valence-electron chi connectivity index (χ4n) is 10.3. The average Bonchev–Trinajstić information content (AvgIpc) is 3.47. The van der Waals surface area contributed by atoms with Crippen LogP contribution in [0.15, 0.2) is 36.9 Å². The number of amides is 1. The molecule has 3 saturated carbocycles. The third kappa shape index (κ3) is 6.47. The van der Waals surface area contributed by atoms with Gasteiger partial charge in [-0.1, -0.05) is 39.8 Å². The van der Waals surface area contributed by atoms with Crippen molar-refractivity contribution in [2.45, 2.75) is 72.0 Å². The summed E-state index contributed by atoms with van der Waals surface area (Å²) in [6, 6.07) is 6.66. The molecule has 3 aliphatic carbocycles. The molecule has 0 spiro atoms. The minimum atomic E-state index is -0.699. The molecule has 50 heavy (non-hydrogen) atoms. The molecule has 12 nitrogen and oxygen atoms in total. The highest BCUT2D eigenvalue weighted by Crippen LogP contribution is 2.68. The number of nitrogens with zero attached hydrogens (tertiary/aromatic N) is 5. The van der Waals surface area contributed by atoms with E-state index in [1.54, 1.807) is 12.1 Å². The number of carbonyl (C=O) groups excluding carboxylic acids is 3. The van der Waals surface area contributed by atoms with Gasteiger partial charge in [-0.3, -0.25) is 34.3 Å². The molecule has 12 heteroatoms. The Hall–Kier alpha value is -3.35. The van der Waals surface area contributed by atoms with E-state index < -0.39 is 23.0 Å². The number of non-ortho nitro benzene ring substituents is 1. The number of ketones is 1. The zero-order chi connectivity index (χ0) is 36.0. The van der Waals surface area contributed by atoms with E-state index in [2.05, 4.69) is 37.1 Å². The highest BCUT2D eigenvalue weighted by molar-refractivity contribution is 5.86. The van der Waals surface area contributed by atoms with Crippen LogP contribution in [-0.4, -0.2) is 120 Å². The molecule has 0 unspecified atom stereocenters. The number of esters is 1. The van der Waals surface area contributed by atoms with Crippen LogP contribution in [0.2, 0.25) is 0 Å². The first kappa shape index (κ1) is 36.4. The Labute approximate surface area is 295 Å². The number of carbonyl (C=O) groups is 3. The molecule has 1 amide bonds. The molecule has 0 aromatic heterocycles. The molecule has 2 saturated heterocycles. The lowest BCUT2D eigenvalue weighted by atomic mass is 9.44. The molecule has 2 aliphatic heterocycles. The molecule has 2 heterocycles. The van der Waals surface area contributed by atoms with E-state index >= 15 is 0 Å². The first-order chi connectivity index (χ1) is 23.7. The maximum atomic E-state index is 13.7. The normalized spacial score (nSPS) is 36.7. The van der Waals surface area contributed by atoms with Crippen LogP contribution in [0.25, 0.3) is 0 Å². The number of benzene rings is 1. The van der Waals surface area contributed by atoms with Crippen molar-refractivity contribution in [3.05, 3.63) is 47.0 Å². The van der Waals surface area contributed by atoms with E-state index in [-0.39, 0.29) is 58.0 Å². The van der Waals surface area contributed by atoms with Crippen molar-refractivity contribution in [3.8, 4) is 0 Å². The van der Waals surface area contributed by atoms with E-state index in [0.29, 0.717) is 71.7 Å². The number of aliphatic hydroxyl groups excluding tert-OH is 1. The highest BCUT2D eigenvalue weighted by Gasteiger charge is 2.68. The Morgan fingerprint density at radius 3 is 2.36 bits per heavy atom. The number of nitro groups is 1. The Balaban J connectivity index is 1.04. The van der Waals surface area contributed by atoms with Gasteiger partial charge in [0.2, 0.25) is 5.91 Å². The molecule has 1 N–H and O–H groups in total. The van der Waals surface area contributed by atoms with Crippen LogP contribution in [0.1, 0.15) is 59.8 Å². The minimum absolute atomic E-state index is 0.0611. The third-order valence-corrected chi connectivity index (χ3v) is 13.8. The monoisotopic (exact) mass is 693 g/mol. The van der Waals surface area contributed by atoms with Gasteiger partial charge in [-0.2, -0.15) is 0 Å². The predicted octanol–water partition coefficient (Wildman–Crippen LogP) is 3.77. The summed E-state index contributed by atoms with van der Waals surface area (Å²) in [5.41, 5.74) is -0.640. The summed E-state index contributed by atoms with van der Waals surface area (Å²) in [5, 5.41) is 22.9. The second-order valence-corrected chi connectivity index (χ2v) is 16.3. The van der Waals surface area contributed by atoms with Gasteiger partial charge in [0.15, 0.2) is 0 Å². The molecular weight excluding hydrogens is 638 g/mol. The first-order valence-electron chi connectivity index (χ1n) is 18.5. The van der Waals surface area contributed by atoms with Crippen molar-refractivity contribution in [1.29, 1.82) is 0 Å². The number of nitro benzene ring substituents is 1. The van der Waals surface area contributed by atoms with Crippen LogP contribution in [-0.2, 0) is 19.1 Å². The summed E-state index contributed by atoms with van der Waals surface area (Å²) in [4.78, 5) is 59.5. The molecule has 6 rings (SSSR count). The number of piperazine rings is 2. The van der Waals surface area contributed by atoms with Crippen molar-refractivity contribution < 1.29 is 29.2 Å². The molecule has 5 fully saturated rings. The second kappa shape index (κ2) is 14.0. The van der Waals surface area contributed by atoms with E-state index in [4.69, 9.17) is 4.74 Å². The zero-order valence-electron chi connectivity index (χ0n) is 30.2. The van der Waals surface area contributed by atoms with Gasteiger partial charge in [-0.05, 0) is 49.0 Å². The van der Waals surface area contributed by atoms with Crippen LogP contribution >= 0.6 is 0 Å². The second-order valence-electron chi connectivity index (χ2n) is 16.3. The Bertz CT molecular complexity index is 1490. The third-order valence-electron chi connectivity index (χ3n) is 13.8. The van der Waals surface area contributed by atoms with Gasteiger partial charge in [-0.15, -0.1) is 6.58 Å². The van der Waals surface area contributed by atoms with Crippen LogP contribution in [0.5, 0.6) is 0 Å². The lowest BCUT2D eigenvalue weighted by Crippen LogP contribution is -2.63. The van der Waals surface area contributed by atoms with Crippen molar-refractivity contribution in [2.75, 3.05) is 70.3 Å². The topological polar surface area (TPSA) is 137 Å². The number of hydrogen-bond acceptors (Lipinski definition) is 10. The fourth-order valence-corrected chi connectivity index (χ4v) is 10.3. The number of hydrogen-bond donors (Lipinski definition) is 1. The summed E-state index contributed by atoms with van der Waals surface area (Å²) in [5.74, 6) is -0.185. The van der Waals surface area contributed by atoms with Gasteiger partial charge in [0.05, 0.1) is 24.1 Å². The quantitative estimate of drug-likeness (QED) is 0.186. The molecule has 1 aromatic rings. The van der Waals surface area contributed by atoms with Crippen LogP contribution in [0.3, 0.4) is 0 Å². The Kier molecular flexibility index (Phi) is 10.2. The summed E-state index contributed by atoms with van der Waals surface area (Å²) in [7, 11) is 0. The maximum absolute atomic E-state index is 13.7. The number of rotatable bonds is 8. The van der Waals surface area contributed by atoms with Crippen molar-refractivity contribution in [1.82, 2.24) is 14.7 Å². The Morgan fingerprint density at radius 2 is 1.70 bits per heavy atom. The fraction of sp³-hybridized carbons (Fsp3) is 0.711.